The van der Waals surface area contributed by atoms with Gasteiger partial charge in [0.1, 0.15) is 6.42 Å². The van der Waals surface area contributed by atoms with E-state index >= 15 is 0 Å². The SMILES string of the molecule is CC1=NN(c2ccccc2)C(=O)[C]1. The maximum absolute atomic E-state index is 11.3. The van der Waals surface area contributed by atoms with Crippen molar-refractivity contribution in [2.75, 3.05) is 5.01 Å². The fraction of sp³-hybridized carbons (Fsp3) is 0.100. The minimum atomic E-state index is -0.205. The Labute approximate surface area is 76.7 Å². The summed E-state index contributed by atoms with van der Waals surface area (Å²) in [5, 5.41) is 5.37. The van der Waals surface area contributed by atoms with Crippen molar-refractivity contribution in [3.63, 3.8) is 0 Å². The number of amides is 1. The second kappa shape index (κ2) is 3.01. The Morgan fingerprint density at radius 2 is 2.00 bits per heavy atom. The molecule has 2 rings (SSSR count). The molecule has 0 aromatic heterocycles. The molecule has 1 aliphatic rings. The molecule has 3 nitrogen and oxygen atoms in total. The van der Waals surface area contributed by atoms with Crippen LogP contribution in [-0.2, 0) is 4.79 Å². The Bertz CT molecular complexity index is 356. The topological polar surface area (TPSA) is 32.7 Å². The molecule has 0 spiro atoms. The van der Waals surface area contributed by atoms with Crippen LogP contribution in [0.5, 0.6) is 0 Å². The van der Waals surface area contributed by atoms with E-state index in [0.29, 0.717) is 5.71 Å². The Kier molecular flexibility index (Phi) is 1.85. The zero-order chi connectivity index (χ0) is 9.26. The summed E-state index contributed by atoms with van der Waals surface area (Å²) >= 11 is 0. The predicted octanol–water partition coefficient (Wildman–Crippen LogP) is 1.49. The maximum atomic E-state index is 11.3. The normalized spacial score (nSPS) is 16.2. The first-order chi connectivity index (χ1) is 6.27. The lowest BCUT2D eigenvalue weighted by Gasteiger charge is -2.10. The molecule has 0 fully saturated rings. The lowest BCUT2D eigenvalue weighted by Crippen LogP contribution is -2.19. The summed E-state index contributed by atoms with van der Waals surface area (Å²) in [6.07, 6.45) is 2.60. The Hall–Kier alpha value is -1.64. The number of hydrogen-bond donors (Lipinski definition) is 0. The van der Waals surface area contributed by atoms with Crippen molar-refractivity contribution in [2.45, 2.75) is 6.92 Å². The van der Waals surface area contributed by atoms with Gasteiger partial charge in [-0.1, -0.05) is 18.2 Å². The lowest BCUT2D eigenvalue weighted by molar-refractivity contribution is -0.114. The third-order valence-corrected chi connectivity index (χ3v) is 1.73. The quantitative estimate of drug-likeness (QED) is 0.631. The minimum absolute atomic E-state index is 0.205. The van der Waals surface area contributed by atoms with Crippen LogP contribution >= 0.6 is 0 Å². The number of carbonyl (C=O) groups excluding carboxylic acids is 1. The molecule has 3 heteroatoms. The number of hydrogen-bond acceptors (Lipinski definition) is 2. The van der Waals surface area contributed by atoms with E-state index in [0.717, 1.165) is 5.69 Å². The highest BCUT2D eigenvalue weighted by Gasteiger charge is 2.23. The van der Waals surface area contributed by atoms with Gasteiger partial charge in [-0.05, 0) is 19.1 Å². The van der Waals surface area contributed by atoms with Crippen molar-refractivity contribution < 1.29 is 4.79 Å². The van der Waals surface area contributed by atoms with E-state index in [1.165, 1.54) is 5.01 Å². The summed E-state index contributed by atoms with van der Waals surface area (Å²) in [4.78, 5) is 11.3. The Balaban J connectivity index is 2.33. The number of para-hydroxylation sites is 1. The number of carbonyl (C=O) groups is 1. The van der Waals surface area contributed by atoms with Gasteiger partial charge in [-0.15, -0.1) is 0 Å². The van der Waals surface area contributed by atoms with Crippen LogP contribution in [0.25, 0.3) is 0 Å². The summed E-state index contributed by atoms with van der Waals surface area (Å²) in [5.41, 5.74) is 1.39. The number of nitrogens with zero attached hydrogens (tertiary/aromatic N) is 2. The van der Waals surface area contributed by atoms with Gasteiger partial charge in [0.15, 0.2) is 0 Å². The van der Waals surface area contributed by atoms with Crippen LogP contribution in [0.2, 0.25) is 0 Å². The molecule has 64 valence electrons. The van der Waals surface area contributed by atoms with Crippen molar-refractivity contribution in [1.29, 1.82) is 0 Å². The van der Waals surface area contributed by atoms with Crippen LogP contribution in [0.1, 0.15) is 6.92 Å². The molecular formula is C10H8N2O. The van der Waals surface area contributed by atoms with Gasteiger partial charge < -0.3 is 0 Å². The Morgan fingerprint density at radius 3 is 2.54 bits per heavy atom. The van der Waals surface area contributed by atoms with E-state index in [2.05, 4.69) is 11.5 Å². The molecule has 1 aromatic rings. The highest BCUT2D eigenvalue weighted by molar-refractivity contribution is 6.21. The van der Waals surface area contributed by atoms with Crippen LogP contribution in [0, 0.1) is 6.42 Å². The summed E-state index contributed by atoms with van der Waals surface area (Å²) in [5.74, 6) is -0.205. The Morgan fingerprint density at radius 1 is 1.31 bits per heavy atom. The monoisotopic (exact) mass is 172 g/mol. The number of rotatable bonds is 1. The summed E-state index contributed by atoms with van der Waals surface area (Å²) in [6.45, 7) is 1.75. The third kappa shape index (κ3) is 1.45. The smallest absolute Gasteiger partial charge is 0.262 e. The summed E-state index contributed by atoms with van der Waals surface area (Å²) in [7, 11) is 0. The molecule has 0 unspecified atom stereocenters. The van der Waals surface area contributed by atoms with Gasteiger partial charge >= 0.3 is 0 Å². The number of hydrazone groups is 1. The lowest BCUT2D eigenvalue weighted by atomic mass is 10.3. The maximum Gasteiger partial charge on any atom is 0.262 e. The third-order valence-electron chi connectivity index (χ3n) is 1.73. The average Bonchev–Trinajstić information content (AvgIpc) is 2.47. The van der Waals surface area contributed by atoms with Gasteiger partial charge in [-0.2, -0.15) is 10.1 Å². The molecular weight excluding hydrogens is 164 g/mol. The highest BCUT2D eigenvalue weighted by atomic mass is 16.2. The van der Waals surface area contributed by atoms with E-state index in [1.807, 2.05) is 30.3 Å². The van der Waals surface area contributed by atoms with E-state index in [9.17, 15) is 4.79 Å². The van der Waals surface area contributed by atoms with Crippen molar-refractivity contribution in [2.24, 2.45) is 5.10 Å². The molecule has 0 atom stereocenters. The van der Waals surface area contributed by atoms with Crippen molar-refractivity contribution in [1.82, 2.24) is 0 Å². The van der Waals surface area contributed by atoms with Gasteiger partial charge in [-0.25, -0.2) is 0 Å². The first-order valence-corrected chi connectivity index (χ1v) is 3.99. The molecule has 0 saturated heterocycles. The molecule has 13 heavy (non-hydrogen) atoms. The van der Waals surface area contributed by atoms with E-state index in [4.69, 9.17) is 0 Å². The largest absolute Gasteiger partial charge is 0.271 e. The van der Waals surface area contributed by atoms with E-state index < -0.39 is 0 Å². The van der Waals surface area contributed by atoms with Crippen molar-refractivity contribution >= 4 is 17.3 Å². The zero-order valence-corrected chi connectivity index (χ0v) is 7.19. The summed E-state index contributed by atoms with van der Waals surface area (Å²) < 4.78 is 0. The van der Waals surface area contributed by atoms with Crippen LogP contribution in [-0.4, -0.2) is 11.6 Å². The molecule has 1 aliphatic heterocycles. The van der Waals surface area contributed by atoms with E-state index in [1.54, 1.807) is 6.92 Å². The molecule has 1 heterocycles. The van der Waals surface area contributed by atoms with Crippen LogP contribution in [0.15, 0.2) is 35.4 Å². The van der Waals surface area contributed by atoms with Crippen LogP contribution in [0.4, 0.5) is 5.69 Å². The van der Waals surface area contributed by atoms with E-state index in [-0.39, 0.29) is 5.91 Å². The molecule has 0 aliphatic carbocycles. The predicted molar refractivity (Wildman–Crippen MR) is 50.3 cm³/mol. The second-order valence-corrected chi connectivity index (χ2v) is 2.76. The van der Waals surface area contributed by atoms with Gasteiger partial charge in [0.2, 0.25) is 0 Å². The van der Waals surface area contributed by atoms with Crippen LogP contribution < -0.4 is 5.01 Å². The van der Waals surface area contributed by atoms with Crippen molar-refractivity contribution in [3.05, 3.63) is 36.8 Å². The molecule has 0 saturated carbocycles. The van der Waals surface area contributed by atoms with Gasteiger partial charge in [0, 0.05) is 0 Å². The first kappa shape index (κ1) is 7.98. The zero-order valence-electron chi connectivity index (χ0n) is 7.19. The fourth-order valence-corrected chi connectivity index (χ4v) is 1.17. The standard InChI is InChI=1S/C10H8N2O/c1-8-7-10(13)12(11-8)9-5-3-2-4-6-9/h2-6H,1H3. The number of anilines is 1. The molecule has 1 aromatic carbocycles. The second-order valence-electron chi connectivity index (χ2n) is 2.76. The molecule has 0 bridgehead atoms. The number of benzene rings is 1. The minimum Gasteiger partial charge on any atom is -0.271 e. The fourth-order valence-electron chi connectivity index (χ4n) is 1.17. The molecule has 0 N–H and O–H groups in total. The van der Waals surface area contributed by atoms with Crippen molar-refractivity contribution in [3.8, 4) is 0 Å². The molecule has 1 amide bonds. The highest BCUT2D eigenvalue weighted by Crippen LogP contribution is 2.18. The molecule has 2 radical (unpaired) electrons. The van der Waals surface area contributed by atoms with Gasteiger partial charge in [0.25, 0.3) is 5.91 Å². The van der Waals surface area contributed by atoms with Crippen LogP contribution in [0.3, 0.4) is 0 Å². The summed E-state index contributed by atoms with van der Waals surface area (Å²) in [6, 6.07) is 9.30. The van der Waals surface area contributed by atoms with Gasteiger partial charge in [-0.3, -0.25) is 4.79 Å². The average molecular weight is 172 g/mol. The van der Waals surface area contributed by atoms with Gasteiger partial charge in [0.05, 0.1) is 11.4 Å². The first-order valence-electron chi connectivity index (χ1n) is 3.99.